The Bertz CT molecular complexity index is 909. The van der Waals surface area contributed by atoms with Crippen LogP contribution in [0.1, 0.15) is 11.1 Å². The fourth-order valence-corrected chi connectivity index (χ4v) is 3.19. The van der Waals surface area contributed by atoms with Crippen molar-refractivity contribution in [1.82, 2.24) is 9.78 Å². The lowest BCUT2D eigenvalue weighted by atomic mass is 10.1. The van der Waals surface area contributed by atoms with E-state index in [1.165, 1.54) is 22.1 Å². The van der Waals surface area contributed by atoms with Gasteiger partial charge in [0.1, 0.15) is 12.2 Å². The minimum atomic E-state index is -0.300. The smallest absolute Gasteiger partial charge is 0.267 e. The number of amides is 1. The normalized spacial score (nSPS) is 10.6. The number of thiophene rings is 1. The number of nitrogens with zero attached hydrogens (tertiary/aromatic N) is 2. The van der Waals surface area contributed by atoms with Crippen LogP contribution in [0.4, 0.5) is 5.69 Å². The number of nitrogens with one attached hydrogen (secondary N) is 1. The van der Waals surface area contributed by atoms with Crippen molar-refractivity contribution in [2.24, 2.45) is 0 Å². The second-order valence-electron chi connectivity index (χ2n) is 5.62. The van der Waals surface area contributed by atoms with Crippen LogP contribution in [-0.4, -0.2) is 15.7 Å². The van der Waals surface area contributed by atoms with Crippen LogP contribution in [0.2, 0.25) is 0 Å². The number of hydrogen-bond acceptors (Lipinski definition) is 4. The Labute approximate surface area is 143 Å². The molecule has 0 aliphatic rings. The molecule has 0 radical (unpaired) electrons. The van der Waals surface area contributed by atoms with Gasteiger partial charge in [0.2, 0.25) is 5.91 Å². The Kier molecular flexibility index (Phi) is 4.57. The number of carbonyl (C=O) groups is 1. The molecule has 5 nitrogen and oxygen atoms in total. The molecule has 1 aromatic carbocycles. The third kappa shape index (κ3) is 3.78. The van der Waals surface area contributed by atoms with Crippen LogP contribution in [0.15, 0.2) is 52.6 Å². The molecule has 24 heavy (non-hydrogen) atoms. The Morgan fingerprint density at radius 1 is 1.17 bits per heavy atom. The average molecular weight is 339 g/mol. The van der Waals surface area contributed by atoms with E-state index in [-0.39, 0.29) is 18.0 Å². The molecule has 0 unspecified atom stereocenters. The van der Waals surface area contributed by atoms with Crippen LogP contribution in [0.25, 0.3) is 10.6 Å². The van der Waals surface area contributed by atoms with Crippen LogP contribution < -0.4 is 10.9 Å². The summed E-state index contributed by atoms with van der Waals surface area (Å²) >= 11 is 1.54. The zero-order valence-corrected chi connectivity index (χ0v) is 14.3. The first-order valence-electron chi connectivity index (χ1n) is 7.51. The maximum atomic E-state index is 12.2. The molecule has 3 rings (SSSR count). The van der Waals surface area contributed by atoms with E-state index in [0.717, 1.165) is 21.7 Å². The van der Waals surface area contributed by atoms with Crippen molar-refractivity contribution in [3.63, 3.8) is 0 Å². The van der Waals surface area contributed by atoms with Gasteiger partial charge in [-0.2, -0.15) is 5.10 Å². The van der Waals surface area contributed by atoms with E-state index in [4.69, 9.17) is 0 Å². The first kappa shape index (κ1) is 16.1. The minimum absolute atomic E-state index is 0.120. The molecule has 0 atom stereocenters. The lowest BCUT2D eigenvalue weighted by molar-refractivity contribution is -0.117. The van der Waals surface area contributed by atoms with Gasteiger partial charge in [0.15, 0.2) is 0 Å². The molecule has 1 amide bonds. The molecule has 0 fully saturated rings. The van der Waals surface area contributed by atoms with E-state index in [9.17, 15) is 9.59 Å². The summed E-state index contributed by atoms with van der Waals surface area (Å²) in [6.45, 7) is 3.82. The maximum absolute atomic E-state index is 12.2. The number of carbonyl (C=O) groups excluding carboxylic acids is 1. The van der Waals surface area contributed by atoms with Crippen molar-refractivity contribution in [2.75, 3.05) is 5.32 Å². The van der Waals surface area contributed by atoms with Crippen LogP contribution in [-0.2, 0) is 11.3 Å². The van der Waals surface area contributed by atoms with Crippen molar-refractivity contribution in [1.29, 1.82) is 0 Å². The number of hydrogen-bond donors (Lipinski definition) is 1. The number of rotatable bonds is 4. The van der Waals surface area contributed by atoms with Gasteiger partial charge in [-0.1, -0.05) is 12.1 Å². The molecule has 0 aliphatic heterocycles. The van der Waals surface area contributed by atoms with Gasteiger partial charge in [0.25, 0.3) is 5.56 Å². The van der Waals surface area contributed by atoms with Crippen molar-refractivity contribution in [2.45, 2.75) is 20.4 Å². The molecule has 2 aromatic heterocycles. The van der Waals surface area contributed by atoms with Crippen molar-refractivity contribution in [3.8, 4) is 10.6 Å². The van der Waals surface area contributed by atoms with E-state index in [2.05, 4.69) is 10.4 Å². The van der Waals surface area contributed by atoms with E-state index >= 15 is 0 Å². The molecule has 0 bridgehead atoms. The number of aromatic nitrogens is 2. The van der Waals surface area contributed by atoms with Crippen LogP contribution in [0.5, 0.6) is 0 Å². The third-order valence-electron chi connectivity index (χ3n) is 3.44. The summed E-state index contributed by atoms with van der Waals surface area (Å²) in [5, 5.41) is 9.05. The van der Waals surface area contributed by atoms with Gasteiger partial charge in [-0.3, -0.25) is 9.59 Å². The van der Waals surface area contributed by atoms with Gasteiger partial charge in [0.05, 0.1) is 4.88 Å². The zero-order chi connectivity index (χ0) is 17.1. The summed E-state index contributed by atoms with van der Waals surface area (Å²) in [7, 11) is 0. The summed E-state index contributed by atoms with van der Waals surface area (Å²) in [5.41, 5.74) is 3.25. The SMILES string of the molecule is Cc1cc(C)cc(NC(=O)Cn2nc(-c3cccs3)ccc2=O)c1. The molecule has 0 spiro atoms. The molecular weight excluding hydrogens is 322 g/mol. The molecule has 0 aliphatic carbocycles. The summed E-state index contributed by atoms with van der Waals surface area (Å²) in [6, 6.07) is 12.8. The topological polar surface area (TPSA) is 64.0 Å². The Morgan fingerprint density at radius 3 is 2.58 bits per heavy atom. The number of anilines is 1. The van der Waals surface area contributed by atoms with Crippen molar-refractivity contribution < 1.29 is 4.79 Å². The van der Waals surface area contributed by atoms with Crippen molar-refractivity contribution in [3.05, 3.63) is 69.3 Å². The highest BCUT2D eigenvalue weighted by atomic mass is 32.1. The van der Waals surface area contributed by atoms with Gasteiger partial charge in [-0.25, -0.2) is 4.68 Å². The van der Waals surface area contributed by atoms with Crippen LogP contribution >= 0.6 is 11.3 Å². The van der Waals surface area contributed by atoms with Crippen LogP contribution in [0, 0.1) is 13.8 Å². The van der Waals surface area contributed by atoms with E-state index < -0.39 is 0 Å². The molecule has 1 N–H and O–H groups in total. The standard InChI is InChI=1S/C18H17N3O2S/c1-12-8-13(2)10-14(9-12)19-17(22)11-21-18(23)6-5-15(20-21)16-4-3-7-24-16/h3-10H,11H2,1-2H3,(H,19,22). The van der Waals surface area contributed by atoms with Gasteiger partial charge in [0, 0.05) is 11.8 Å². The Morgan fingerprint density at radius 2 is 1.92 bits per heavy atom. The maximum Gasteiger partial charge on any atom is 0.267 e. The molecule has 3 aromatic rings. The largest absolute Gasteiger partial charge is 0.324 e. The molecule has 6 heteroatoms. The second kappa shape index (κ2) is 6.80. The number of aryl methyl sites for hydroxylation is 2. The van der Waals surface area contributed by atoms with Gasteiger partial charge in [-0.15, -0.1) is 11.3 Å². The first-order valence-corrected chi connectivity index (χ1v) is 8.39. The monoisotopic (exact) mass is 339 g/mol. The summed E-state index contributed by atoms with van der Waals surface area (Å²) in [4.78, 5) is 25.2. The lowest BCUT2D eigenvalue weighted by Crippen LogP contribution is -2.29. The fourth-order valence-electron chi connectivity index (χ4n) is 2.50. The fraction of sp³-hybridized carbons (Fsp3) is 0.167. The van der Waals surface area contributed by atoms with Gasteiger partial charge < -0.3 is 5.32 Å². The Balaban J connectivity index is 1.79. The molecule has 0 saturated heterocycles. The van der Waals surface area contributed by atoms with E-state index in [1.54, 1.807) is 6.07 Å². The molecule has 0 saturated carbocycles. The van der Waals surface area contributed by atoms with Crippen molar-refractivity contribution >= 4 is 22.9 Å². The lowest BCUT2D eigenvalue weighted by Gasteiger charge is -2.09. The molecule has 2 heterocycles. The highest BCUT2D eigenvalue weighted by Gasteiger charge is 2.09. The second-order valence-corrected chi connectivity index (χ2v) is 6.56. The first-order chi connectivity index (χ1) is 11.5. The molecular formula is C18H17N3O2S. The van der Waals surface area contributed by atoms with Gasteiger partial charge >= 0.3 is 0 Å². The quantitative estimate of drug-likeness (QED) is 0.794. The predicted molar refractivity (Wildman–Crippen MR) is 96.4 cm³/mol. The van der Waals surface area contributed by atoms with Crippen LogP contribution in [0.3, 0.4) is 0 Å². The summed E-state index contributed by atoms with van der Waals surface area (Å²) in [5.74, 6) is -0.280. The van der Waals surface area contributed by atoms with E-state index in [0.29, 0.717) is 5.69 Å². The van der Waals surface area contributed by atoms with E-state index in [1.807, 2.05) is 49.6 Å². The Hall–Kier alpha value is -2.73. The zero-order valence-electron chi connectivity index (χ0n) is 13.4. The van der Waals surface area contributed by atoms with Gasteiger partial charge in [-0.05, 0) is 54.6 Å². The predicted octanol–water partition coefficient (Wildman–Crippen LogP) is 3.23. The molecule has 122 valence electrons. The highest BCUT2D eigenvalue weighted by Crippen LogP contribution is 2.21. The average Bonchev–Trinajstić information content (AvgIpc) is 3.02. The minimum Gasteiger partial charge on any atom is -0.324 e. The summed E-state index contributed by atoms with van der Waals surface area (Å²) in [6.07, 6.45) is 0. The number of benzene rings is 1. The summed E-state index contributed by atoms with van der Waals surface area (Å²) < 4.78 is 1.19. The highest BCUT2D eigenvalue weighted by molar-refractivity contribution is 7.13. The third-order valence-corrected chi connectivity index (χ3v) is 4.33.